The second-order valence-corrected chi connectivity index (χ2v) is 8.08. The molecule has 0 radical (unpaired) electrons. The average molecular weight is 414 g/mol. The Morgan fingerprint density at radius 3 is 2.58 bits per heavy atom. The summed E-state index contributed by atoms with van der Waals surface area (Å²) in [6.45, 7) is 1.96. The third-order valence-corrected chi connectivity index (χ3v) is 5.86. The van der Waals surface area contributed by atoms with Crippen LogP contribution < -0.4 is 5.32 Å². The zero-order chi connectivity index (χ0) is 21.4. The Kier molecular flexibility index (Phi) is 4.98. The lowest BCUT2D eigenvalue weighted by Gasteiger charge is -2.12. The molecule has 0 atom stereocenters. The highest BCUT2D eigenvalue weighted by molar-refractivity contribution is 5.99. The van der Waals surface area contributed by atoms with Gasteiger partial charge in [0.1, 0.15) is 17.2 Å². The second kappa shape index (κ2) is 7.95. The summed E-state index contributed by atoms with van der Waals surface area (Å²) in [4.78, 5) is 17.6. The van der Waals surface area contributed by atoms with Crippen molar-refractivity contribution in [3.8, 4) is 16.9 Å². The first kappa shape index (κ1) is 19.4. The van der Waals surface area contributed by atoms with Gasteiger partial charge in [-0.3, -0.25) is 4.79 Å². The molecule has 0 aliphatic heterocycles. The van der Waals surface area contributed by atoms with Crippen LogP contribution in [0.5, 0.6) is 0 Å². The van der Waals surface area contributed by atoms with Crippen molar-refractivity contribution >= 4 is 16.9 Å². The second-order valence-electron chi connectivity index (χ2n) is 8.08. The minimum atomic E-state index is -0.353. The van der Waals surface area contributed by atoms with E-state index in [9.17, 15) is 9.18 Å². The van der Waals surface area contributed by atoms with Gasteiger partial charge in [0.25, 0.3) is 5.91 Å². The van der Waals surface area contributed by atoms with Crippen LogP contribution in [-0.2, 0) is 0 Å². The monoisotopic (exact) mass is 414 g/mol. The van der Waals surface area contributed by atoms with E-state index in [0.717, 1.165) is 47.9 Å². The Morgan fingerprint density at radius 2 is 1.84 bits per heavy atom. The predicted octanol–water partition coefficient (Wildman–Crippen LogP) is 5.21. The number of carbonyl (C=O) groups is 1. The van der Waals surface area contributed by atoms with E-state index in [4.69, 9.17) is 10.1 Å². The molecule has 5 rings (SSSR count). The molecular weight excluding hydrogens is 391 g/mol. The minimum absolute atomic E-state index is 0.176. The summed E-state index contributed by atoms with van der Waals surface area (Å²) in [6.07, 6.45) is 4.30. The van der Waals surface area contributed by atoms with Crippen molar-refractivity contribution < 1.29 is 9.18 Å². The lowest BCUT2D eigenvalue weighted by Crippen LogP contribution is -2.33. The molecule has 0 saturated heterocycles. The molecule has 0 unspecified atom stereocenters. The van der Waals surface area contributed by atoms with Crippen LogP contribution in [0.3, 0.4) is 0 Å². The fourth-order valence-electron chi connectivity index (χ4n) is 4.33. The smallest absolute Gasteiger partial charge is 0.270 e. The zero-order valence-corrected chi connectivity index (χ0v) is 17.3. The van der Waals surface area contributed by atoms with Gasteiger partial charge in [-0.15, -0.1) is 0 Å². The van der Waals surface area contributed by atoms with Gasteiger partial charge in [0, 0.05) is 11.6 Å². The number of hydrogen-bond donors (Lipinski definition) is 1. The maximum Gasteiger partial charge on any atom is 0.270 e. The van der Waals surface area contributed by atoms with Crippen LogP contribution in [0.4, 0.5) is 4.39 Å². The quantitative estimate of drug-likeness (QED) is 0.499. The summed E-state index contributed by atoms with van der Waals surface area (Å²) in [6, 6.07) is 18.1. The molecule has 0 spiro atoms. The summed E-state index contributed by atoms with van der Waals surface area (Å²) in [7, 11) is 0. The molecule has 2 aromatic heterocycles. The van der Waals surface area contributed by atoms with E-state index in [2.05, 4.69) is 5.32 Å². The number of nitrogens with one attached hydrogen (secondary N) is 1. The number of nitrogens with zero attached hydrogens (tertiary/aromatic N) is 3. The summed E-state index contributed by atoms with van der Waals surface area (Å²) in [5, 5.41) is 8.75. The molecule has 31 heavy (non-hydrogen) atoms. The topological polar surface area (TPSA) is 59.8 Å². The molecule has 5 nitrogen and oxygen atoms in total. The lowest BCUT2D eigenvalue weighted by molar-refractivity contribution is 0.0933. The van der Waals surface area contributed by atoms with Crippen LogP contribution in [0, 0.1) is 12.7 Å². The predicted molar refractivity (Wildman–Crippen MR) is 119 cm³/mol. The minimum Gasteiger partial charge on any atom is -0.348 e. The number of fused-ring (bicyclic) bond motifs is 1. The van der Waals surface area contributed by atoms with Crippen LogP contribution >= 0.6 is 0 Å². The fraction of sp³-hybridized carbons (Fsp3) is 0.240. The van der Waals surface area contributed by atoms with Gasteiger partial charge >= 0.3 is 0 Å². The Labute approximate surface area is 179 Å². The van der Waals surface area contributed by atoms with Gasteiger partial charge in [-0.25, -0.2) is 14.1 Å². The van der Waals surface area contributed by atoms with E-state index >= 15 is 0 Å². The molecule has 6 heteroatoms. The number of hydrogen-bond acceptors (Lipinski definition) is 3. The van der Waals surface area contributed by atoms with E-state index in [1.54, 1.807) is 16.8 Å². The number of pyridine rings is 1. The number of aryl methyl sites for hydroxylation is 1. The van der Waals surface area contributed by atoms with Crippen molar-refractivity contribution in [2.45, 2.75) is 38.6 Å². The molecule has 1 fully saturated rings. The molecule has 1 N–H and O–H groups in total. The van der Waals surface area contributed by atoms with Crippen LogP contribution in [0.25, 0.3) is 28.0 Å². The number of amides is 1. The van der Waals surface area contributed by atoms with Crippen LogP contribution in [-0.4, -0.2) is 26.7 Å². The lowest BCUT2D eigenvalue weighted by atomic mass is 10.1. The number of rotatable bonds is 4. The van der Waals surface area contributed by atoms with Gasteiger partial charge < -0.3 is 5.32 Å². The Morgan fingerprint density at radius 1 is 1.06 bits per heavy atom. The summed E-state index contributed by atoms with van der Waals surface area (Å²) in [5.74, 6) is -0.528. The van der Waals surface area contributed by atoms with E-state index in [-0.39, 0.29) is 17.8 Å². The first-order chi connectivity index (χ1) is 15.1. The molecule has 0 bridgehead atoms. The van der Waals surface area contributed by atoms with E-state index in [1.807, 2.05) is 43.3 Å². The average Bonchev–Trinajstić information content (AvgIpc) is 3.42. The number of benzene rings is 2. The van der Waals surface area contributed by atoms with Gasteiger partial charge in [0.2, 0.25) is 0 Å². The van der Waals surface area contributed by atoms with Gasteiger partial charge in [0.05, 0.1) is 11.1 Å². The largest absolute Gasteiger partial charge is 0.348 e. The number of carbonyl (C=O) groups excluding carboxylic acids is 1. The van der Waals surface area contributed by atoms with Crippen molar-refractivity contribution in [3.63, 3.8) is 0 Å². The number of aromatic nitrogens is 3. The highest BCUT2D eigenvalue weighted by Gasteiger charge is 2.22. The molecule has 2 heterocycles. The van der Waals surface area contributed by atoms with E-state index < -0.39 is 0 Å². The van der Waals surface area contributed by atoms with Crippen LogP contribution in [0.2, 0.25) is 0 Å². The van der Waals surface area contributed by atoms with Gasteiger partial charge in [0.15, 0.2) is 5.65 Å². The standard InChI is InChI=1S/C25H23FN4O/c1-16-14-21(25(31)27-19-11-5-6-12-19)28-24-22(16)23(17-8-3-2-4-9-17)29-30(24)20-13-7-10-18(26)15-20/h2-4,7-10,13-15,19H,5-6,11-12H2,1H3,(H,27,31). The van der Waals surface area contributed by atoms with Crippen molar-refractivity contribution in [3.05, 3.63) is 77.7 Å². The SMILES string of the molecule is Cc1cc(C(=O)NC2CCCC2)nc2c1c(-c1ccccc1)nn2-c1cccc(F)c1. The molecular formula is C25H23FN4O. The van der Waals surface area contributed by atoms with E-state index in [1.165, 1.54) is 12.1 Å². The maximum absolute atomic E-state index is 14.0. The Balaban J connectivity index is 1.68. The third kappa shape index (κ3) is 3.69. The van der Waals surface area contributed by atoms with Gasteiger partial charge in [-0.2, -0.15) is 5.10 Å². The molecule has 156 valence electrons. The van der Waals surface area contributed by atoms with Crippen molar-refractivity contribution in [1.29, 1.82) is 0 Å². The summed E-state index contributed by atoms with van der Waals surface area (Å²) >= 11 is 0. The zero-order valence-electron chi connectivity index (χ0n) is 17.3. The van der Waals surface area contributed by atoms with E-state index in [0.29, 0.717) is 17.0 Å². The number of halogens is 1. The van der Waals surface area contributed by atoms with Crippen molar-refractivity contribution in [2.24, 2.45) is 0 Å². The summed E-state index contributed by atoms with van der Waals surface area (Å²) < 4.78 is 15.6. The first-order valence-corrected chi connectivity index (χ1v) is 10.6. The van der Waals surface area contributed by atoms with Crippen LogP contribution in [0.1, 0.15) is 41.7 Å². The Hall–Kier alpha value is -3.54. The molecule has 2 aromatic carbocycles. The normalized spacial score (nSPS) is 14.3. The first-order valence-electron chi connectivity index (χ1n) is 10.6. The van der Waals surface area contributed by atoms with Crippen molar-refractivity contribution in [2.75, 3.05) is 0 Å². The van der Waals surface area contributed by atoms with Gasteiger partial charge in [-0.05, 0) is 49.6 Å². The molecule has 1 saturated carbocycles. The third-order valence-electron chi connectivity index (χ3n) is 5.86. The van der Waals surface area contributed by atoms with Crippen LogP contribution in [0.15, 0.2) is 60.7 Å². The molecule has 1 aliphatic rings. The Bertz CT molecular complexity index is 1260. The maximum atomic E-state index is 14.0. The van der Waals surface area contributed by atoms with Gasteiger partial charge in [-0.1, -0.05) is 49.2 Å². The molecule has 1 aliphatic carbocycles. The highest BCUT2D eigenvalue weighted by atomic mass is 19.1. The summed E-state index contributed by atoms with van der Waals surface area (Å²) in [5.41, 5.74) is 4.06. The fourth-order valence-corrected chi connectivity index (χ4v) is 4.33. The molecule has 4 aromatic rings. The molecule has 1 amide bonds. The highest BCUT2D eigenvalue weighted by Crippen LogP contribution is 2.32. The van der Waals surface area contributed by atoms with Crippen molar-refractivity contribution in [1.82, 2.24) is 20.1 Å².